The first-order chi connectivity index (χ1) is 9.26. The molecular weight excluding hydrogens is 244 g/mol. The van der Waals surface area contributed by atoms with E-state index in [0.29, 0.717) is 12.6 Å². The monoisotopic (exact) mass is 270 g/mol. The van der Waals surface area contributed by atoms with Gasteiger partial charge in [-0.25, -0.2) is 0 Å². The third-order valence-corrected chi connectivity index (χ3v) is 4.14. The highest BCUT2D eigenvalue weighted by Gasteiger charge is 2.34. The van der Waals surface area contributed by atoms with Gasteiger partial charge >= 0.3 is 5.97 Å². The Morgan fingerprint density at radius 3 is 2.68 bits per heavy atom. The van der Waals surface area contributed by atoms with Crippen molar-refractivity contribution in [2.75, 3.05) is 46.0 Å². The van der Waals surface area contributed by atoms with Crippen LogP contribution >= 0.6 is 0 Å². The summed E-state index contributed by atoms with van der Waals surface area (Å²) in [5.74, 6) is -0.0624. The van der Waals surface area contributed by atoms with Gasteiger partial charge in [0.05, 0.1) is 19.8 Å². The first kappa shape index (κ1) is 14.8. The third kappa shape index (κ3) is 3.68. The van der Waals surface area contributed by atoms with Crippen molar-refractivity contribution in [1.82, 2.24) is 9.80 Å². The Kier molecular flexibility index (Phi) is 5.60. The number of hydrogen-bond acceptors (Lipinski definition) is 5. The molecule has 110 valence electrons. The van der Waals surface area contributed by atoms with Gasteiger partial charge in [-0.1, -0.05) is 6.92 Å². The number of hydrogen-bond donors (Lipinski definition) is 0. The summed E-state index contributed by atoms with van der Waals surface area (Å²) in [6.07, 6.45) is 1.98. The average molecular weight is 270 g/mol. The molecule has 5 nitrogen and oxygen atoms in total. The summed E-state index contributed by atoms with van der Waals surface area (Å²) >= 11 is 0. The Bertz CT molecular complexity index is 292. The first-order valence-corrected chi connectivity index (χ1v) is 7.48. The Morgan fingerprint density at radius 1 is 1.32 bits per heavy atom. The maximum absolute atomic E-state index is 11.9. The highest BCUT2D eigenvalue weighted by atomic mass is 16.5. The largest absolute Gasteiger partial charge is 0.465 e. The normalized spacial score (nSPS) is 27.4. The number of ether oxygens (including phenoxy) is 2. The molecule has 2 unspecified atom stereocenters. The van der Waals surface area contributed by atoms with Crippen LogP contribution in [-0.4, -0.2) is 73.9 Å². The number of nitrogens with zero attached hydrogens (tertiary/aromatic N) is 2. The van der Waals surface area contributed by atoms with Crippen LogP contribution in [0.3, 0.4) is 0 Å². The van der Waals surface area contributed by atoms with Crippen molar-refractivity contribution < 1.29 is 14.3 Å². The Labute approximate surface area is 115 Å². The molecule has 2 rings (SSSR count). The lowest BCUT2D eigenvalue weighted by Crippen LogP contribution is -2.46. The molecule has 0 N–H and O–H groups in total. The second kappa shape index (κ2) is 7.22. The van der Waals surface area contributed by atoms with Gasteiger partial charge in [-0.2, -0.15) is 0 Å². The summed E-state index contributed by atoms with van der Waals surface area (Å²) in [5.41, 5.74) is 0. The highest BCUT2D eigenvalue weighted by molar-refractivity contribution is 5.75. The minimum Gasteiger partial charge on any atom is -0.465 e. The van der Waals surface area contributed by atoms with Crippen LogP contribution in [0.4, 0.5) is 0 Å². The number of carbonyl (C=O) groups is 1. The number of carbonyl (C=O) groups excluding carboxylic acids is 1. The minimum absolute atomic E-state index is 0.0624. The summed E-state index contributed by atoms with van der Waals surface area (Å²) < 4.78 is 10.6. The molecule has 0 bridgehead atoms. The quantitative estimate of drug-likeness (QED) is 0.689. The number of likely N-dealkylation sites (tertiary alicyclic amines) is 1. The molecule has 0 aromatic carbocycles. The Hall–Kier alpha value is -0.650. The van der Waals surface area contributed by atoms with Crippen molar-refractivity contribution in [3.63, 3.8) is 0 Å². The van der Waals surface area contributed by atoms with E-state index in [9.17, 15) is 4.79 Å². The lowest BCUT2D eigenvalue weighted by atomic mass is 10.2. The lowest BCUT2D eigenvalue weighted by molar-refractivity contribution is -0.149. The average Bonchev–Trinajstić information content (AvgIpc) is 2.90. The van der Waals surface area contributed by atoms with Crippen molar-refractivity contribution in [1.29, 1.82) is 0 Å². The molecule has 2 atom stereocenters. The number of esters is 1. The van der Waals surface area contributed by atoms with E-state index in [1.807, 2.05) is 6.92 Å². The zero-order valence-electron chi connectivity index (χ0n) is 12.1. The molecule has 0 amide bonds. The van der Waals surface area contributed by atoms with Gasteiger partial charge in [0.2, 0.25) is 0 Å². The summed E-state index contributed by atoms with van der Waals surface area (Å²) in [4.78, 5) is 16.7. The summed E-state index contributed by atoms with van der Waals surface area (Å²) in [5, 5.41) is 0. The molecule has 0 saturated carbocycles. The van der Waals surface area contributed by atoms with Gasteiger partial charge in [0, 0.05) is 32.2 Å². The summed E-state index contributed by atoms with van der Waals surface area (Å²) in [6.45, 7) is 10.1. The number of rotatable bonds is 5. The van der Waals surface area contributed by atoms with E-state index >= 15 is 0 Å². The molecule has 0 spiro atoms. The van der Waals surface area contributed by atoms with E-state index in [1.165, 1.54) is 0 Å². The molecular formula is C14H26N2O3. The number of morpholine rings is 1. The maximum Gasteiger partial charge on any atom is 0.323 e. The fourth-order valence-corrected chi connectivity index (χ4v) is 3.10. The Balaban J connectivity index is 1.86. The Morgan fingerprint density at radius 2 is 2.05 bits per heavy atom. The van der Waals surface area contributed by atoms with Crippen LogP contribution in [0.2, 0.25) is 0 Å². The van der Waals surface area contributed by atoms with Gasteiger partial charge < -0.3 is 9.47 Å². The van der Waals surface area contributed by atoms with Crippen molar-refractivity contribution in [2.45, 2.75) is 38.8 Å². The van der Waals surface area contributed by atoms with Gasteiger partial charge in [-0.3, -0.25) is 14.6 Å². The van der Waals surface area contributed by atoms with Crippen LogP contribution < -0.4 is 0 Å². The van der Waals surface area contributed by atoms with E-state index < -0.39 is 0 Å². The fourth-order valence-electron chi connectivity index (χ4n) is 3.10. The molecule has 2 aliphatic rings. The molecule has 19 heavy (non-hydrogen) atoms. The van der Waals surface area contributed by atoms with Crippen molar-refractivity contribution in [3.05, 3.63) is 0 Å². The van der Waals surface area contributed by atoms with E-state index in [0.717, 1.165) is 52.2 Å². The molecule has 2 aliphatic heterocycles. The fraction of sp³-hybridized carbons (Fsp3) is 0.929. The third-order valence-electron chi connectivity index (χ3n) is 4.14. The second-order valence-corrected chi connectivity index (χ2v) is 5.26. The van der Waals surface area contributed by atoms with Crippen LogP contribution in [0.25, 0.3) is 0 Å². The molecule has 0 aromatic rings. The maximum atomic E-state index is 11.9. The van der Waals surface area contributed by atoms with Crippen molar-refractivity contribution >= 4 is 5.97 Å². The van der Waals surface area contributed by atoms with Crippen LogP contribution in [0.1, 0.15) is 26.7 Å². The first-order valence-electron chi connectivity index (χ1n) is 7.48. The smallest absolute Gasteiger partial charge is 0.323 e. The zero-order chi connectivity index (χ0) is 13.7. The van der Waals surface area contributed by atoms with Gasteiger partial charge in [0.15, 0.2) is 0 Å². The van der Waals surface area contributed by atoms with Gasteiger partial charge in [-0.05, 0) is 19.8 Å². The molecule has 2 saturated heterocycles. The zero-order valence-corrected chi connectivity index (χ0v) is 12.1. The highest BCUT2D eigenvalue weighted by Crippen LogP contribution is 2.20. The van der Waals surface area contributed by atoms with Crippen LogP contribution in [-0.2, 0) is 14.3 Å². The standard InChI is InChI=1S/C14H26N2O3/c1-3-13(14(17)19-4-2)16-6-5-12(11-16)15-7-9-18-10-8-15/h12-13H,3-11H2,1-2H3. The molecule has 5 heteroatoms. The molecule has 2 fully saturated rings. The van der Waals surface area contributed by atoms with Crippen molar-refractivity contribution in [2.24, 2.45) is 0 Å². The SMILES string of the molecule is CCOC(=O)C(CC)N1CCC(N2CCOCC2)C1. The van der Waals surface area contributed by atoms with Crippen LogP contribution in [0.15, 0.2) is 0 Å². The predicted molar refractivity (Wildman–Crippen MR) is 73.1 cm³/mol. The van der Waals surface area contributed by atoms with Crippen molar-refractivity contribution in [3.8, 4) is 0 Å². The van der Waals surface area contributed by atoms with Gasteiger partial charge in [0.25, 0.3) is 0 Å². The lowest BCUT2D eigenvalue weighted by Gasteiger charge is -2.33. The molecule has 0 radical (unpaired) electrons. The van der Waals surface area contributed by atoms with E-state index in [-0.39, 0.29) is 12.0 Å². The molecule has 2 heterocycles. The summed E-state index contributed by atoms with van der Waals surface area (Å²) in [7, 11) is 0. The topological polar surface area (TPSA) is 42.0 Å². The predicted octanol–water partition coefficient (Wildman–Crippen LogP) is 0.735. The van der Waals surface area contributed by atoms with Crippen LogP contribution in [0, 0.1) is 0 Å². The van der Waals surface area contributed by atoms with E-state index in [1.54, 1.807) is 0 Å². The van der Waals surface area contributed by atoms with E-state index in [2.05, 4.69) is 16.7 Å². The van der Waals surface area contributed by atoms with E-state index in [4.69, 9.17) is 9.47 Å². The second-order valence-electron chi connectivity index (χ2n) is 5.26. The molecule has 0 aliphatic carbocycles. The van der Waals surface area contributed by atoms with Gasteiger partial charge in [0.1, 0.15) is 6.04 Å². The van der Waals surface area contributed by atoms with Crippen LogP contribution in [0.5, 0.6) is 0 Å². The molecule has 0 aromatic heterocycles. The minimum atomic E-state index is -0.0639. The van der Waals surface area contributed by atoms with Gasteiger partial charge in [-0.15, -0.1) is 0 Å². The summed E-state index contributed by atoms with van der Waals surface area (Å²) in [6, 6.07) is 0.512.